The molecule has 0 aliphatic carbocycles. The number of aryl methyl sites for hydroxylation is 1. The Morgan fingerprint density at radius 1 is 1.16 bits per heavy atom. The SMILES string of the molecule is Cc1nn2cccnc2c1C(=O)N1CCN(S(=O)(=O)c2ccc(C(F)(F)F)cc2)C[C@@H]1C. The normalized spacial score (nSPS) is 18.3. The van der Waals surface area contributed by atoms with Crippen molar-refractivity contribution >= 4 is 21.6 Å². The summed E-state index contributed by atoms with van der Waals surface area (Å²) in [5.74, 6) is -0.296. The summed E-state index contributed by atoms with van der Waals surface area (Å²) in [6.45, 7) is 3.59. The van der Waals surface area contributed by atoms with Gasteiger partial charge >= 0.3 is 6.18 Å². The van der Waals surface area contributed by atoms with Crippen LogP contribution in [-0.2, 0) is 16.2 Å². The summed E-state index contributed by atoms with van der Waals surface area (Å²) in [4.78, 5) is 18.8. The Kier molecular flexibility index (Phi) is 5.45. The number of nitrogens with zero attached hydrogens (tertiary/aromatic N) is 5. The van der Waals surface area contributed by atoms with Crippen LogP contribution in [0.15, 0.2) is 47.6 Å². The van der Waals surface area contributed by atoms with Crippen molar-refractivity contribution in [2.75, 3.05) is 19.6 Å². The molecule has 1 amide bonds. The maximum atomic E-state index is 13.2. The van der Waals surface area contributed by atoms with Crippen LogP contribution in [-0.4, -0.2) is 63.8 Å². The van der Waals surface area contributed by atoms with Crippen molar-refractivity contribution in [1.82, 2.24) is 23.8 Å². The Morgan fingerprint density at radius 2 is 1.84 bits per heavy atom. The minimum atomic E-state index is -4.55. The molecule has 0 unspecified atom stereocenters. The number of carbonyl (C=O) groups excluding carboxylic acids is 1. The predicted molar refractivity (Wildman–Crippen MR) is 108 cm³/mol. The van der Waals surface area contributed by atoms with Crippen molar-refractivity contribution in [3.63, 3.8) is 0 Å². The first kappa shape index (κ1) is 22.2. The summed E-state index contributed by atoms with van der Waals surface area (Å²) in [7, 11) is -4.00. The van der Waals surface area contributed by atoms with Gasteiger partial charge in [0.1, 0.15) is 5.56 Å². The average molecular weight is 467 g/mol. The van der Waals surface area contributed by atoms with E-state index in [9.17, 15) is 26.4 Å². The second-order valence-corrected chi connectivity index (χ2v) is 9.52. The first-order valence-corrected chi connectivity index (χ1v) is 11.2. The van der Waals surface area contributed by atoms with Gasteiger partial charge in [-0.05, 0) is 44.2 Å². The average Bonchev–Trinajstić information content (AvgIpc) is 3.08. The van der Waals surface area contributed by atoms with E-state index in [-0.39, 0.29) is 30.4 Å². The highest BCUT2D eigenvalue weighted by molar-refractivity contribution is 7.89. The van der Waals surface area contributed by atoms with Crippen molar-refractivity contribution < 1.29 is 26.4 Å². The Labute approximate surface area is 182 Å². The van der Waals surface area contributed by atoms with Crippen LogP contribution in [0.2, 0.25) is 0 Å². The molecule has 0 radical (unpaired) electrons. The standard InChI is InChI=1S/C20H20F3N5O3S/c1-13-12-26(32(30,31)16-6-4-15(5-7-16)20(21,22)23)10-11-27(13)19(29)17-14(2)25-28-9-3-8-24-18(17)28/h3-9,13H,10-12H2,1-2H3/t13-/m0/s1. The second-order valence-electron chi connectivity index (χ2n) is 7.58. The van der Waals surface area contributed by atoms with Crippen LogP contribution in [0, 0.1) is 6.92 Å². The predicted octanol–water partition coefficient (Wildman–Crippen LogP) is 2.59. The van der Waals surface area contributed by atoms with Crippen LogP contribution in [0.4, 0.5) is 13.2 Å². The summed E-state index contributed by atoms with van der Waals surface area (Å²) in [6.07, 6.45) is -1.30. The molecule has 0 saturated carbocycles. The van der Waals surface area contributed by atoms with Gasteiger partial charge in [0.25, 0.3) is 5.91 Å². The van der Waals surface area contributed by atoms with E-state index in [1.165, 1.54) is 8.82 Å². The molecule has 2 aromatic heterocycles. The maximum Gasteiger partial charge on any atom is 0.416 e. The van der Waals surface area contributed by atoms with Crippen LogP contribution in [0.3, 0.4) is 0 Å². The van der Waals surface area contributed by atoms with E-state index >= 15 is 0 Å². The van der Waals surface area contributed by atoms with Crippen LogP contribution in [0.5, 0.6) is 0 Å². The third kappa shape index (κ3) is 3.84. The van der Waals surface area contributed by atoms with E-state index in [1.54, 1.807) is 37.2 Å². The zero-order valence-electron chi connectivity index (χ0n) is 17.2. The maximum absolute atomic E-state index is 13.2. The number of piperazine rings is 1. The summed E-state index contributed by atoms with van der Waals surface area (Å²) in [5.41, 5.74) is 0.372. The van der Waals surface area contributed by atoms with Gasteiger partial charge in [-0.2, -0.15) is 22.6 Å². The molecule has 1 atom stereocenters. The molecule has 0 spiro atoms. The lowest BCUT2D eigenvalue weighted by Gasteiger charge is -2.39. The van der Waals surface area contributed by atoms with Crippen molar-refractivity contribution in [1.29, 1.82) is 0 Å². The fourth-order valence-electron chi connectivity index (χ4n) is 3.80. The van der Waals surface area contributed by atoms with Crippen LogP contribution < -0.4 is 0 Å². The quantitative estimate of drug-likeness (QED) is 0.591. The highest BCUT2D eigenvalue weighted by Gasteiger charge is 2.37. The summed E-state index contributed by atoms with van der Waals surface area (Å²) in [5, 5.41) is 4.29. The van der Waals surface area contributed by atoms with Gasteiger partial charge in [-0.3, -0.25) is 4.79 Å². The molecular formula is C20H20F3N5O3S. The lowest BCUT2D eigenvalue weighted by atomic mass is 10.1. The fraction of sp³-hybridized carbons (Fsp3) is 0.350. The van der Waals surface area contributed by atoms with Gasteiger partial charge in [0.15, 0.2) is 5.65 Å². The van der Waals surface area contributed by atoms with Crippen LogP contribution in [0.25, 0.3) is 5.65 Å². The van der Waals surface area contributed by atoms with Crippen LogP contribution in [0.1, 0.15) is 28.5 Å². The Bertz CT molecular complexity index is 1270. The molecule has 8 nitrogen and oxygen atoms in total. The largest absolute Gasteiger partial charge is 0.416 e. The second kappa shape index (κ2) is 7.85. The van der Waals surface area contributed by atoms with E-state index in [1.807, 2.05) is 0 Å². The molecular weight excluding hydrogens is 447 g/mol. The van der Waals surface area contributed by atoms with Gasteiger partial charge in [-0.15, -0.1) is 0 Å². The van der Waals surface area contributed by atoms with Gasteiger partial charge in [0.05, 0.1) is 16.2 Å². The minimum absolute atomic E-state index is 0.0147. The molecule has 0 bridgehead atoms. The molecule has 0 N–H and O–H groups in total. The zero-order chi connectivity index (χ0) is 23.3. The monoisotopic (exact) mass is 467 g/mol. The van der Waals surface area contributed by atoms with E-state index in [0.29, 0.717) is 16.9 Å². The Balaban J connectivity index is 1.54. The van der Waals surface area contributed by atoms with E-state index < -0.39 is 27.8 Å². The van der Waals surface area contributed by atoms with Crippen molar-refractivity contribution in [2.45, 2.75) is 31.0 Å². The number of hydrogen-bond acceptors (Lipinski definition) is 5. The number of sulfonamides is 1. The van der Waals surface area contributed by atoms with Crippen molar-refractivity contribution in [3.05, 3.63) is 59.5 Å². The molecule has 170 valence electrons. The number of hydrogen-bond donors (Lipinski definition) is 0. The van der Waals surface area contributed by atoms with Crippen LogP contribution >= 0.6 is 0 Å². The number of amides is 1. The highest BCUT2D eigenvalue weighted by atomic mass is 32.2. The molecule has 1 aromatic carbocycles. The molecule has 12 heteroatoms. The number of halogens is 3. The molecule has 1 saturated heterocycles. The number of aromatic nitrogens is 3. The first-order valence-electron chi connectivity index (χ1n) is 9.78. The summed E-state index contributed by atoms with van der Waals surface area (Å²) < 4.78 is 66.9. The molecule has 1 aliphatic rings. The van der Waals surface area contributed by atoms with E-state index in [2.05, 4.69) is 10.1 Å². The molecule has 3 heterocycles. The molecule has 1 fully saturated rings. The van der Waals surface area contributed by atoms with E-state index in [4.69, 9.17) is 0 Å². The highest BCUT2D eigenvalue weighted by Crippen LogP contribution is 2.30. The smallest absolute Gasteiger partial charge is 0.333 e. The number of benzene rings is 1. The lowest BCUT2D eigenvalue weighted by Crippen LogP contribution is -2.55. The zero-order valence-corrected chi connectivity index (χ0v) is 18.1. The summed E-state index contributed by atoms with van der Waals surface area (Å²) in [6, 6.07) is 4.64. The number of fused-ring (bicyclic) bond motifs is 1. The van der Waals surface area contributed by atoms with Gasteiger partial charge in [-0.25, -0.2) is 17.9 Å². The topological polar surface area (TPSA) is 87.9 Å². The number of alkyl halides is 3. The summed E-state index contributed by atoms with van der Waals surface area (Å²) >= 11 is 0. The number of carbonyl (C=O) groups is 1. The first-order chi connectivity index (χ1) is 15.0. The van der Waals surface area contributed by atoms with Crippen molar-refractivity contribution in [3.8, 4) is 0 Å². The van der Waals surface area contributed by atoms with E-state index in [0.717, 1.165) is 24.3 Å². The fourth-order valence-corrected chi connectivity index (χ4v) is 5.31. The van der Waals surface area contributed by atoms with Gasteiger partial charge in [0, 0.05) is 38.1 Å². The molecule has 4 rings (SSSR count). The molecule has 1 aliphatic heterocycles. The van der Waals surface area contributed by atoms with Gasteiger partial charge < -0.3 is 4.90 Å². The van der Waals surface area contributed by atoms with Gasteiger partial charge in [0.2, 0.25) is 10.0 Å². The molecule has 32 heavy (non-hydrogen) atoms. The third-order valence-corrected chi connectivity index (χ3v) is 7.33. The lowest BCUT2D eigenvalue weighted by molar-refractivity contribution is -0.137. The minimum Gasteiger partial charge on any atom is -0.333 e. The van der Waals surface area contributed by atoms with Gasteiger partial charge in [-0.1, -0.05) is 0 Å². The Morgan fingerprint density at radius 3 is 2.47 bits per heavy atom. The Hall–Kier alpha value is -2.99. The molecule has 3 aromatic rings. The third-order valence-electron chi connectivity index (χ3n) is 5.45. The number of rotatable bonds is 3. The van der Waals surface area contributed by atoms with Crippen molar-refractivity contribution in [2.24, 2.45) is 0 Å².